The summed E-state index contributed by atoms with van der Waals surface area (Å²) in [6, 6.07) is 12.6. The molecule has 0 unspecified atom stereocenters. The van der Waals surface area contributed by atoms with Crippen LogP contribution < -0.4 is 5.32 Å². The van der Waals surface area contributed by atoms with E-state index in [1.165, 1.54) is 19.2 Å². The molecule has 1 aliphatic rings. The minimum atomic E-state index is -3.78. The highest BCUT2D eigenvalue weighted by atomic mass is 35.5. The maximum Gasteiger partial charge on any atom is 0.243 e. The second-order valence-electron chi connectivity index (χ2n) is 6.57. The molecule has 2 N–H and O–H groups in total. The number of hydrogen-bond acceptors (Lipinski definition) is 4. The van der Waals surface area contributed by atoms with Gasteiger partial charge in [0.1, 0.15) is 6.04 Å². The van der Waals surface area contributed by atoms with Crippen LogP contribution in [-0.2, 0) is 27.7 Å². The molecule has 0 spiro atoms. The molecule has 2 aromatic rings. The summed E-state index contributed by atoms with van der Waals surface area (Å²) in [7, 11) is -2.39. The van der Waals surface area contributed by atoms with E-state index in [-0.39, 0.29) is 17.9 Å². The minimum absolute atomic E-state index is 0.168. The molecule has 144 valence electrons. The van der Waals surface area contributed by atoms with Crippen LogP contribution in [0.1, 0.15) is 11.1 Å². The number of nitrogens with zero attached hydrogens (tertiary/aromatic N) is 1. The quantitative estimate of drug-likeness (QED) is 0.786. The Labute approximate surface area is 163 Å². The number of sulfonamides is 1. The Bertz CT molecular complexity index is 934. The number of benzene rings is 2. The van der Waals surface area contributed by atoms with Crippen LogP contribution in [0.3, 0.4) is 0 Å². The highest BCUT2D eigenvalue weighted by Gasteiger charge is 2.39. The van der Waals surface area contributed by atoms with Crippen molar-refractivity contribution in [1.82, 2.24) is 9.62 Å². The Morgan fingerprint density at radius 3 is 2.67 bits per heavy atom. The lowest BCUT2D eigenvalue weighted by molar-refractivity contribution is -0.125. The fourth-order valence-electron chi connectivity index (χ4n) is 3.23. The summed E-state index contributed by atoms with van der Waals surface area (Å²) < 4.78 is 26.5. The third kappa shape index (κ3) is 4.16. The maximum absolute atomic E-state index is 12.8. The molecule has 6 nitrogen and oxygen atoms in total. The van der Waals surface area contributed by atoms with Crippen LogP contribution in [0.4, 0.5) is 0 Å². The van der Waals surface area contributed by atoms with Crippen molar-refractivity contribution in [2.24, 2.45) is 0 Å². The van der Waals surface area contributed by atoms with E-state index in [1.54, 1.807) is 6.07 Å². The molecular formula is C19H21ClN2O4S. The van der Waals surface area contributed by atoms with Crippen molar-refractivity contribution in [2.75, 3.05) is 13.7 Å². The first-order valence-electron chi connectivity index (χ1n) is 8.54. The van der Waals surface area contributed by atoms with Crippen molar-refractivity contribution in [1.29, 1.82) is 0 Å². The molecule has 2 aromatic carbocycles. The van der Waals surface area contributed by atoms with Gasteiger partial charge in [0.05, 0.1) is 17.5 Å². The second kappa shape index (κ2) is 7.98. The Kier molecular flexibility index (Phi) is 5.86. The molecule has 0 aliphatic carbocycles. The van der Waals surface area contributed by atoms with E-state index in [9.17, 15) is 18.3 Å². The third-order valence-electron chi connectivity index (χ3n) is 4.73. The predicted molar refractivity (Wildman–Crippen MR) is 103 cm³/mol. The molecule has 1 amide bonds. The number of nitrogens with one attached hydrogen (secondary N) is 1. The van der Waals surface area contributed by atoms with E-state index in [4.69, 9.17) is 11.6 Å². The largest absolute Gasteiger partial charge is 0.394 e. The van der Waals surface area contributed by atoms with Gasteiger partial charge in [-0.05, 0) is 42.2 Å². The highest BCUT2D eigenvalue weighted by Crippen LogP contribution is 2.31. The smallest absolute Gasteiger partial charge is 0.243 e. The molecule has 0 saturated carbocycles. The van der Waals surface area contributed by atoms with Crippen LogP contribution >= 0.6 is 11.6 Å². The normalized spacial score (nSPS) is 19.9. The van der Waals surface area contributed by atoms with Crippen molar-refractivity contribution in [3.8, 4) is 0 Å². The fourth-order valence-corrected chi connectivity index (χ4v) is 4.96. The number of carbonyl (C=O) groups is 1. The SMILES string of the molecule is CN1[C@H](C(=O)N[C@H](CO)Cc2ccccc2)Cc2cc(Cl)ccc2S1(=O)=O. The zero-order chi connectivity index (χ0) is 19.6. The summed E-state index contributed by atoms with van der Waals surface area (Å²) in [6.07, 6.45) is 0.676. The molecule has 0 saturated heterocycles. The summed E-state index contributed by atoms with van der Waals surface area (Å²) in [5, 5.41) is 12.8. The standard InChI is InChI=1S/C19H21ClN2O4S/c1-22-17(11-14-10-15(20)7-8-18(14)27(22,25)26)19(24)21-16(12-23)9-13-5-3-2-4-6-13/h2-8,10,16-17,23H,9,11-12H2,1H3,(H,21,24)/t16-,17-/m0/s1. The van der Waals surface area contributed by atoms with Gasteiger partial charge in [0.2, 0.25) is 15.9 Å². The highest BCUT2D eigenvalue weighted by molar-refractivity contribution is 7.89. The first kappa shape index (κ1) is 19.8. The topological polar surface area (TPSA) is 86.7 Å². The molecule has 8 heteroatoms. The van der Waals surface area contributed by atoms with E-state index >= 15 is 0 Å². The van der Waals surface area contributed by atoms with Gasteiger partial charge in [-0.1, -0.05) is 41.9 Å². The third-order valence-corrected chi connectivity index (χ3v) is 6.93. The average Bonchev–Trinajstić information content (AvgIpc) is 2.64. The minimum Gasteiger partial charge on any atom is -0.394 e. The molecule has 2 atom stereocenters. The van der Waals surface area contributed by atoms with Gasteiger partial charge in [0.25, 0.3) is 0 Å². The zero-order valence-electron chi connectivity index (χ0n) is 14.8. The van der Waals surface area contributed by atoms with Gasteiger partial charge in [0.15, 0.2) is 0 Å². The molecule has 1 aliphatic heterocycles. The molecule has 1 heterocycles. The first-order valence-corrected chi connectivity index (χ1v) is 10.4. The van der Waals surface area contributed by atoms with Crippen LogP contribution in [-0.4, -0.2) is 49.5 Å². The van der Waals surface area contributed by atoms with E-state index in [0.717, 1.165) is 9.87 Å². The van der Waals surface area contributed by atoms with Crippen LogP contribution in [0.2, 0.25) is 5.02 Å². The monoisotopic (exact) mass is 408 g/mol. The molecule has 27 heavy (non-hydrogen) atoms. The van der Waals surface area contributed by atoms with Gasteiger partial charge in [-0.2, -0.15) is 4.31 Å². The van der Waals surface area contributed by atoms with Gasteiger partial charge >= 0.3 is 0 Å². The van der Waals surface area contributed by atoms with Crippen molar-refractivity contribution < 1.29 is 18.3 Å². The van der Waals surface area contributed by atoms with Gasteiger partial charge in [-0.15, -0.1) is 0 Å². The van der Waals surface area contributed by atoms with Gasteiger partial charge in [0, 0.05) is 12.1 Å². The number of rotatable bonds is 5. The zero-order valence-corrected chi connectivity index (χ0v) is 16.4. The number of carbonyl (C=O) groups excluding carboxylic acids is 1. The van der Waals surface area contributed by atoms with E-state index in [1.807, 2.05) is 30.3 Å². The van der Waals surface area contributed by atoms with Crippen molar-refractivity contribution in [3.63, 3.8) is 0 Å². The molecule has 0 radical (unpaired) electrons. The number of aliphatic hydroxyl groups excluding tert-OH is 1. The van der Waals surface area contributed by atoms with Crippen molar-refractivity contribution in [3.05, 3.63) is 64.7 Å². The summed E-state index contributed by atoms with van der Waals surface area (Å²) in [6.45, 7) is -0.244. The first-order chi connectivity index (χ1) is 12.8. The van der Waals surface area contributed by atoms with Gasteiger partial charge in [-0.25, -0.2) is 8.42 Å². The molecule has 0 aromatic heterocycles. The second-order valence-corrected chi connectivity index (χ2v) is 8.97. The molecule has 0 fully saturated rings. The van der Waals surface area contributed by atoms with Gasteiger partial charge in [-0.3, -0.25) is 4.79 Å². The van der Waals surface area contributed by atoms with Crippen molar-refractivity contribution >= 4 is 27.5 Å². The number of amides is 1. The summed E-state index contributed by atoms with van der Waals surface area (Å²) in [5.74, 6) is -0.443. The number of fused-ring (bicyclic) bond motifs is 1. The maximum atomic E-state index is 12.8. The summed E-state index contributed by atoms with van der Waals surface area (Å²) in [5.41, 5.74) is 1.49. The molecule has 0 bridgehead atoms. The lowest BCUT2D eigenvalue weighted by Crippen LogP contribution is -2.54. The van der Waals surface area contributed by atoms with E-state index in [2.05, 4.69) is 5.32 Å². The number of hydrogen-bond donors (Lipinski definition) is 2. The van der Waals surface area contributed by atoms with E-state index in [0.29, 0.717) is 17.0 Å². The average molecular weight is 409 g/mol. The summed E-state index contributed by atoms with van der Waals surface area (Å²) in [4.78, 5) is 13.0. The lowest BCUT2D eigenvalue weighted by atomic mass is 10.0. The lowest BCUT2D eigenvalue weighted by Gasteiger charge is -2.33. The number of halogens is 1. The van der Waals surface area contributed by atoms with Gasteiger partial charge < -0.3 is 10.4 Å². The van der Waals surface area contributed by atoms with Crippen molar-refractivity contribution in [2.45, 2.75) is 29.8 Å². The molecule has 3 rings (SSSR count). The van der Waals surface area contributed by atoms with Crippen LogP contribution in [0, 0.1) is 0 Å². The Morgan fingerprint density at radius 1 is 1.30 bits per heavy atom. The Morgan fingerprint density at radius 2 is 2.00 bits per heavy atom. The summed E-state index contributed by atoms with van der Waals surface area (Å²) >= 11 is 5.99. The molecular weight excluding hydrogens is 388 g/mol. The Balaban J connectivity index is 1.80. The van der Waals surface area contributed by atoms with E-state index < -0.39 is 28.0 Å². The number of aliphatic hydroxyl groups is 1. The van der Waals surface area contributed by atoms with Crippen LogP contribution in [0.5, 0.6) is 0 Å². The fraction of sp³-hybridized carbons (Fsp3) is 0.316. The number of likely N-dealkylation sites (N-methyl/N-ethyl adjacent to an activating group) is 1. The predicted octanol–water partition coefficient (Wildman–Crippen LogP) is 1.60. The van der Waals surface area contributed by atoms with Crippen LogP contribution in [0.25, 0.3) is 0 Å². The Hall–Kier alpha value is -1.93. The van der Waals surface area contributed by atoms with Crippen LogP contribution in [0.15, 0.2) is 53.4 Å².